The summed E-state index contributed by atoms with van der Waals surface area (Å²) < 4.78 is 19.8. The molecule has 2 aromatic heterocycles. The Morgan fingerprint density at radius 1 is 1.04 bits per heavy atom. The summed E-state index contributed by atoms with van der Waals surface area (Å²) in [5.41, 5.74) is 3.85. The molecule has 0 bridgehead atoms. The van der Waals surface area contributed by atoms with Crippen LogP contribution in [0.3, 0.4) is 0 Å². The molecule has 10 nitrogen and oxygen atoms in total. The molecule has 0 N–H and O–H groups in total. The van der Waals surface area contributed by atoms with Crippen molar-refractivity contribution in [2.24, 2.45) is 4.99 Å². The number of esters is 2. The van der Waals surface area contributed by atoms with Crippen LogP contribution in [-0.4, -0.2) is 40.0 Å². The third kappa shape index (κ3) is 6.27. The number of carbonyl (C=O) groups is 2. The van der Waals surface area contributed by atoms with E-state index in [0.29, 0.717) is 36.9 Å². The SMILES string of the molecule is CCOC(=O)C1=C(C)N=c2s/c(=C\c3cn(-c4ccccc4)nc3-c3ccc(Cl)cc3)c(=O)n2[C@H]1c1ccc(OC(C)=O)c(OC)c1. The smallest absolute Gasteiger partial charge is 0.338 e. The van der Waals surface area contributed by atoms with E-state index >= 15 is 0 Å². The lowest BCUT2D eigenvalue weighted by molar-refractivity contribution is -0.139. The summed E-state index contributed by atoms with van der Waals surface area (Å²) in [5.74, 6) is -0.635. The van der Waals surface area contributed by atoms with E-state index in [1.165, 1.54) is 29.9 Å². The van der Waals surface area contributed by atoms with E-state index in [9.17, 15) is 14.4 Å². The van der Waals surface area contributed by atoms with Crippen LogP contribution in [0.5, 0.6) is 11.5 Å². The summed E-state index contributed by atoms with van der Waals surface area (Å²) in [4.78, 5) is 44.5. The number of rotatable bonds is 8. The monoisotopic (exact) mass is 668 g/mol. The van der Waals surface area contributed by atoms with Gasteiger partial charge in [-0.2, -0.15) is 5.10 Å². The molecule has 0 aliphatic carbocycles. The maximum absolute atomic E-state index is 14.3. The minimum Gasteiger partial charge on any atom is -0.493 e. The predicted molar refractivity (Wildman–Crippen MR) is 179 cm³/mol. The van der Waals surface area contributed by atoms with Crippen molar-refractivity contribution < 1.29 is 23.8 Å². The molecule has 238 valence electrons. The zero-order valence-corrected chi connectivity index (χ0v) is 27.5. The van der Waals surface area contributed by atoms with Crippen molar-refractivity contribution in [1.82, 2.24) is 14.3 Å². The molecule has 0 saturated heterocycles. The standard InChI is InChI=1S/C35H29ClN4O6S/c1-5-45-34(43)30-20(2)37-35-40(32(30)23-13-16-27(46-21(3)41)28(17-23)44-4)33(42)29(47-35)18-24-19-39(26-9-7-6-8-10-26)38-31(24)22-11-14-25(36)15-12-22/h6-19,32H,5H2,1-4H3/b29-18-/t32-/m0/s1. The summed E-state index contributed by atoms with van der Waals surface area (Å²) in [6.07, 6.45) is 3.65. The van der Waals surface area contributed by atoms with Gasteiger partial charge in [-0.15, -0.1) is 0 Å². The second-order valence-corrected chi connectivity index (χ2v) is 12.0. The Labute approximate surface area is 278 Å². The van der Waals surface area contributed by atoms with Gasteiger partial charge in [-0.3, -0.25) is 14.2 Å². The van der Waals surface area contributed by atoms with Crippen molar-refractivity contribution in [3.63, 3.8) is 0 Å². The number of fused-ring (bicyclic) bond motifs is 1. The number of benzene rings is 3. The van der Waals surface area contributed by atoms with E-state index in [-0.39, 0.29) is 29.2 Å². The van der Waals surface area contributed by atoms with Crippen LogP contribution in [0.25, 0.3) is 23.0 Å². The van der Waals surface area contributed by atoms with Crippen LogP contribution in [0.15, 0.2) is 100 Å². The number of para-hydroxylation sites is 1. The number of methoxy groups -OCH3 is 1. The molecule has 5 aromatic rings. The van der Waals surface area contributed by atoms with Gasteiger partial charge < -0.3 is 14.2 Å². The van der Waals surface area contributed by atoms with Crippen LogP contribution in [0.2, 0.25) is 5.02 Å². The summed E-state index contributed by atoms with van der Waals surface area (Å²) in [6, 6.07) is 21.0. The average molecular weight is 669 g/mol. The van der Waals surface area contributed by atoms with Crippen molar-refractivity contribution >= 4 is 41.0 Å². The van der Waals surface area contributed by atoms with Gasteiger partial charge in [-0.1, -0.05) is 59.3 Å². The maximum atomic E-state index is 14.3. The van der Waals surface area contributed by atoms with Crippen LogP contribution < -0.4 is 24.4 Å². The second kappa shape index (κ2) is 13.2. The number of allylic oxidation sites excluding steroid dienone is 1. The topological polar surface area (TPSA) is 114 Å². The number of hydrogen-bond acceptors (Lipinski definition) is 9. The lowest BCUT2D eigenvalue weighted by Crippen LogP contribution is -2.40. The molecule has 3 aromatic carbocycles. The highest BCUT2D eigenvalue weighted by Crippen LogP contribution is 2.36. The summed E-state index contributed by atoms with van der Waals surface area (Å²) >= 11 is 7.38. The lowest BCUT2D eigenvalue weighted by Gasteiger charge is -2.25. The molecule has 0 radical (unpaired) electrons. The van der Waals surface area contributed by atoms with E-state index in [0.717, 1.165) is 11.3 Å². The first-order valence-electron chi connectivity index (χ1n) is 14.7. The highest BCUT2D eigenvalue weighted by atomic mass is 35.5. The summed E-state index contributed by atoms with van der Waals surface area (Å²) in [7, 11) is 1.44. The Morgan fingerprint density at radius 3 is 2.47 bits per heavy atom. The van der Waals surface area contributed by atoms with E-state index in [2.05, 4.69) is 4.99 Å². The molecule has 3 heterocycles. The largest absolute Gasteiger partial charge is 0.493 e. The Kier molecular flexibility index (Phi) is 8.93. The van der Waals surface area contributed by atoms with Crippen LogP contribution >= 0.6 is 22.9 Å². The average Bonchev–Trinajstić information content (AvgIpc) is 3.61. The molecular formula is C35H29ClN4O6S. The lowest BCUT2D eigenvalue weighted by atomic mass is 9.95. The van der Waals surface area contributed by atoms with Crippen LogP contribution in [0.4, 0.5) is 0 Å². The molecule has 0 fully saturated rings. The molecule has 1 aliphatic rings. The quantitative estimate of drug-likeness (QED) is 0.164. The fourth-order valence-electron chi connectivity index (χ4n) is 5.38. The highest BCUT2D eigenvalue weighted by molar-refractivity contribution is 7.07. The van der Waals surface area contributed by atoms with Crippen LogP contribution in [0.1, 0.15) is 37.9 Å². The third-order valence-electron chi connectivity index (χ3n) is 7.44. The fourth-order valence-corrected chi connectivity index (χ4v) is 6.54. The molecule has 6 rings (SSSR count). The number of nitrogens with zero attached hydrogens (tertiary/aromatic N) is 4. The van der Waals surface area contributed by atoms with E-state index in [1.54, 1.807) is 54.9 Å². The Morgan fingerprint density at radius 2 is 1.79 bits per heavy atom. The molecular weight excluding hydrogens is 640 g/mol. The van der Waals surface area contributed by atoms with Crippen molar-refractivity contribution in [2.45, 2.75) is 26.8 Å². The Hall–Kier alpha value is -5.26. The van der Waals surface area contributed by atoms with Crippen molar-refractivity contribution in [3.05, 3.63) is 126 Å². The van der Waals surface area contributed by atoms with Gasteiger partial charge in [0.05, 0.1) is 41.2 Å². The van der Waals surface area contributed by atoms with E-state index < -0.39 is 18.0 Å². The fraction of sp³-hybridized carbons (Fsp3) is 0.171. The first kappa shape index (κ1) is 31.7. The number of carbonyl (C=O) groups excluding carboxylic acids is 2. The number of aromatic nitrogens is 3. The van der Waals surface area contributed by atoms with Gasteiger partial charge in [0.25, 0.3) is 5.56 Å². The van der Waals surface area contributed by atoms with Gasteiger partial charge >= 0.3 is 11.9 Å². The molecule has 1 aliphatic heterocycles. The molecule has 0 unspecified atom stereocenters. The minimum atomic E-state index is -0.893. The van der Waals surface area contributed by atoms with Crippen molar-refractivity contribution in [2.75, 3.05) is 13.7 Å². The van der Waals surface area contributed by atoms with Gasteiger partial charge in [0, 0.05) is 29.3 Å². The van der Waals surface area contributed by atoms with Crippen molar-refractivity contribution in [1.29, 1.82) is 0 Å². The first-order valence-corrected chi connectivity index (χ1v) is 15.8. The number of ether oxygens (including phenoxy) is 3. The second-order valence-electron chi connectivity index (χ2n) is 10.5. The maximum Gasteiger partial charge on any atom is 0.338 e. The van der Waals surface area contributed by atoms with Crippen molar-refractivity contribution in [3.8, 4) is 28.4 Å². The van der Waals surface area contributed by atoms with Gasteiger partial charge in [-0.25, -0.2) is 14.5 Å². The Bertz CT molecular complexity index is 2220. The summed E-state index contributed by atoms with van der Waals surface area (Å²) in [6.45, 7) is 4.85. The normalized spacial score (nSPS) is 14.4. The van der Waals surface area contributed by atoms with Gasteiger partial charge in [0.15, 0.2) is 16.3 Å². The van der Waals surface area contributed by atoms with E-state index in [4.69, 9.17) is 30.9 Å². The molecule has 0 amide bonds. The third-order valence-corrected chi connectivity index (χ3v) is 8.68. The zero-order chi connectivity index (χ0) is 33.2. The number of hydrogen-bond donors (Lipinski definition) is 0. The van der Waals surface area contributed by atoms with Gasteiger partial charge in [-0.05, 0) is 61.9 Å². The summed E-state index contributed by atoms with van der Waals surface area (Å²) in [5, 5.41) is 5.46. The zero-order valence-electron chi connectivity index (χ0n) is 25.9. The Balaban J connectivity index is 1.56. The minimum absolute atomic E-state index is 0.139. The van der Waals surface area contributed by atoms with Crippen LogP contribution in [0, 0.1) is 0 Å². The number of halogens is 1. The molecule has 47 heavy (non-hydrogen) atoms. The molecule has 0 saturated carbocycles. The van der Waals surface area contributed by atoms with Gasteiger partial charge in [0.2, 0.25) is 0 Å². The predicted octanol–water partition coefficient (Wildman–Crippen LogP) is 5.24. The van der Waals surface area contributed by atoms with E-state index in [1.807, 2.05) is 48.7 Å². The molecule has 1 atom stereocenters. The van der Waals surface area contributed by atoms with Crippen LogP contribution in [-0.2, 0) is 14.3 Å². The highest BCUT2D eigenvalue weighted by Gasteiger charge is 2.34. The molecule has 12 heteroatoms. The van der Waals surface area contributed by atoms with Gasteiger partial charge in [0.1, 0.15) is 5.69 Å². The molecule has 0 spiro atoms. The number of thiazole rings is 1. The first-order chi connectivity index (χ1) is 22.7.